The highest BCUT2D eigenvalue weighted by Gasteiger charge is 2.34. The highest BCUT2D eigenvalue weighted by molar-refractivity contribution is 7.89. The molecule has 1 saturated heterocycles. The summed E-state index contributed by atoms with van der Waals surface area (Å²) in [6, 6.07) is 11.6. The van der Waals surface area contributed by atoms with Gasteiger partial charge >= 0.3 is 0 Å². The molecule has 0 unspecified atom stereocenters. The standard InChI is InChI=1S/C25H25N3O5S/c1-16-7-10-28(11-8-16)34(30,31)24-13-19-22(14-23(24)32-18-4-3-9-26-15-18)33-21-6-5-17(2)12-20(21)27-25(19)29/h3-6,9,12-16H,7-8,10-11H2,1-2H3,(H,27,29). The summed E-state index contributed by atoms with van der Waals surface area (Å²) in [5.41, 5.74) is 1.60. The molecule has 176 valence electrons. The third-order valence-electron chi connectivity index (χ3n) is 6.12. The SMILES string of the molecule is Cc1ccc2c(c1)NC(=O)c1cc(S(=O)(=O)N3CCC(C)CC3)c(Oc3cccnc3)cc1O2. The summed E-state index contributed by atoms with van der Waals surface area (Å²) in [4.78, 5) is 17.1. The molecule has 3 heterocycles. The van der Waals surface area contributed by atoms with Crippen molar-refractivity contribution in [2.45, 2.75) is 31.6 Å². The highest BCUT2D eigenvalue weighted by atomic mass is 32.2. The Hall–Kier alpha value is -3.43. The van der Waals surface area contributed by atoms with Gasteiger partial charge in [-0.15, -0.1) is 0 Å². The van der Waals surface area contributed by atoms with Crippen molar-refractivity contribution in [3.05, 3.63) is 66.0 Å². The molecule has 3 aromatic rings. The summed E-state index contributed by atoms with van der Waals surface area (Å²) in [5, 5.41) is 2.83. The molecule has 2 aromatic carbocycles. The van der Waals surface area contributed by atoms with E-state index in [-0.39, 0.29) is 22.0 Å². The van der Waals surface area contributed by atoms with Crippen LogP contribution in [0.2, 0.25) is 0 Å². The number of nitrogens with zero attached hydrogens (tertiary/aromatic N) is 2. The van der Waals surface area contributed by atoms with Crippen LogP contribution in [-0.2, 0) is 10.0 Å². The van der Waals surface area contributed by atoms with Crippen LogP contribution in [0.15, 0.2) is 59.8 Å². The number of rotatable bonds is 4. The number of fused-ring (bicyclic) bond motifs is 2. The number of hydrogen-bond acceptors (Lipinski definition) is 6. The van der Waals surface area contributed by atoms with E-state index in [4.69, 9.17) is 9.47 Å². The lowest BCUT2D eigenvalue weighted by atomic mass is 10.0. The van der Waals surface area contributed by atoms with Gasteiger partial charge in [-0.3, -0.25) is 9.78 Å². The zero-order chi connectivity index (χ0) is 23.9. The van der Waals surface area contributed by atoms with E-state index in [1.165, 1.54) is 22.6 Å². The number of sulfonamides is 1. The average molecular weight is 480 g/mol. The summed E-state index contributed by atoms with van der Waals surface area (Å²) in [6.07, 6.45) is 4.65. The number of benzene rings is 2. The quantitative estimate of drug-likeness (QED) is 0.568. The van der Waals surface area contributed by atoms with Crippen molar-refractivity contribution in [1.82, 2.24) is 9.29 Å². The number of piperidine rings is 1. The minimum Gasteiger partial charge on any atom is -0.454 e. The van der Waals surface area contributed by atoms with Gasteiger partial charge in [0.05, 0.1) is 17.4 Å². The zero-order valence-electron chi connectivity index (χ0n) is 18.9. The molecule has 1 fully saturated rings. The second-order valence-electron chi connectivity index (χ2n) is 8.73. The first-order chi connectivity index (χ1) is 16.3. The van der Waals surface area contributed by atoms with E-state index < -0.39 is 15.9 Å². The molecule has 2 aliphatic rings. The average Bonchev–Trinajstić information content (AvgIpc) is 2.94. The molecule has 8 nitrogen and oxygen atoms in total. The van der Waals surface area contributed by atoms with Crippen molar-refractivity contribution in [2.75, 3.05) is 18.4 Å². The maximum absolute atomic E-state index is 13.7. The number of anilines is 1. The molecule has 0 aliphatic carbocycles. The molecule has 34 heavy (non-hydrogen) atoms. The van der Waals surface area contributed by atoms with Gasteiger partial charge in [0.2, 0.25) is 10.0 Å². The van der Waals surface area contributed by atoms with Gasteiger partial charge in [-0.25, -0.2) is 8.42 Å². The van der Waals surface area contributed by atoms with E-state index in [9.17, 15) is 13.2 Å². The highest BCUT2D eigenvalue weighted by Crippen LogP contribution is 2.42. The van der Waals surface area contributed by atoms with Gasteiger partial charge in [-0.05, 0) is 61.6 Å². The summed E-state index contributed by atoms with van der Waals surface area (Å²) < 4.78 is 40.9. The molecule has 0 atom stereocenters. The first kappa shape index (κ1) is 22.4. The van der Waals surface area contributed by atoms with Crippen LogP contribution < -0.4 is 14.8 Å². The Labute approximate surface area is 198 Å². The topological polar surface area (TPSA) is 97.8 Å². The van der Waals surface area contributed by atoms with E-state index in [1.807, 2.05) is 13.0 Å². The first-order valence-corrected chi connectivity index (χ1v) is 12.6. The van der Waals surface area contributed by atoms with Gasteiger partial charge in [0, 0.05) is 25.4 Å². The molecule has 1 amide bonds. The van der Waals surface area contributed by atoms with Crippen LogP contribution in [0.5, 0.6) is 23.0 Å². The Morgan fingerprint density at radius 3 is 2.65 bits per heavy atom. The molecule has 1 N–H and O–H groups in total. The normalized spacial score (nSPS) is 16.6. The number of carbonyl (C=O) groups is 1. The van der Waals surface area contributed by atoms with Gasteiger partial charge in [0.25, 0.3) is 5.91 Å². The van der Waals surface area contributed by atoms with E-state index in [2.05, 4.69) is 17.2 Å². The van der Waals surface area contributed by atoms with E-state index in [0.717, 1.165) is 18.4 Å². The second kappa shape index (κ2) is 8.73. The van der Waals surface area contributed by atoms with Gasteiger partial charge in [-0.1, -0.05) is 13.0 Å². The Balaban J connectivity index is 1.63. The van der Waals surface area contributed by atoms with Crippen LogP contribution in [0, 0.1) is 12.8 Å². The number of ether oxygens (including phenoxy) is 2. The van der Waals surface area contributed by atoms with Crippen molar-refractivity contribution in [3.63, 3.8) is 0 Å². The first-order valence-electron chi connectivity index (χ1n) is 11.2. The lowest BCUT2D eigenvalue weighted by molar-refractivity contribution is 0.102. The number of aromatic nitrogens is 1. The molecule has 9 heteroatoms. The Morgan fingerprint density at radius 2 is 1.91 bits per heavy atom. The van der Waals surface area contributed by atoms with Gasteiger partial charge < -0.3 is 14.8 Å². The Kier molecular flexibility index (Phi) is 5.75. The number of hydrogen-bond donors (Lipinski definition) is 1. The molecule has 0 radical (unpaired) electrons. The monoisotopic (exact) mass is 479 g/mol. The van der Waals surface area contributed by atoms with E-state index in [1.54, 1.807) is 30.5 Å². The summed E-state index contributed by atoms with van der Waals surface area (Å²) in [7, 11) is -3.93. The number of aryl methyl sites for hydroxylation is 1. The maximum Gasteiger partial charge on any atom is 0.259 e. The molecular weight excluding hydrogens is 454 g/mol. The van der Waals surface area contributed by atoms with Crippen LogP contribution in [0.1, 0.15) is 35.7 Å². The third kappa shape index (κ3) is 4.24. The lowest BCUT2D eigenvalue weighted by Crippen LogP contribution is -2.38. The van der Waals surface area contributed by atoms with Crippen molar-refractivity contribution in [1.29, 1.82) is 0 Å². The second-order valence-corrected chi connectivity index (χ2v) is 10.6. The predicted molar refractivity (Wildman–Crippen MR) is 127 cm³/mol. The fraction of sp³-hybridized carbons (Fsp3) is 0.280. The zero-order valence-corrected chi connectivity index (χ0v) is 19.8. The largest absolute Gasteiger partial charge is 0.454 e. The van der Waals surface area contributed by atoms with Crippen molar-refractivity contribution >= 4 is 21.6 Å². The summed E-state index contributed by atoms with van der Waals surface area (Å²) >= 11 is 0. The Morgan fingerprint density at radius 1 is 1.12 bits per heavy atom. The van der Waals surface area contributed by atoms with Crippen molar-refractivity contribution in [2.24, 2.45) is 5.92 Å². The maximum atomic E-state index is 13.7. The minimum atomic E-state index is -3.93. The summed E-state index contributed by atoms with van der Waals surface area (Å²) in [6.45, 7) is 4.86. The van der Waals surface area contributed by atoms with E-state index in [0.29, 0.717) is 36.2 Å². The fourth-order valence-electron chi connectivity index (χ4n) is 4.12. The van der Waals surface area contributed by atoms with Crippen LogP contribution in [-0.4, -0.2) is 36.7 Å². The molecular formula is C25H25N3O5S. The number of pyridine rings is 1. The lowest BCUT2D eigenvalue weighted by Gasteiger charge is -2.30. The van der Waals surface area contributed by atoms with Crippen molar-refractivity contribution < 1.29 is 22.7 Å². The van der Waals surface area contributed by atoms with Crippen LogP contribution in [0.25, 0.3) is 0 Å². The van der Waals surface area contributed by atoms with Gasteiger partial charge in [0.15, 0.2) is 11.5 Å². The smallest absolute Gasteiger partial charge is 0.259 e. The molecule has 0 saturated carbocycles. The summed E-state index contributed by atoms with van der Waals surface area (Å²) in [5.74, 6) is 1.15. The number of amides is 1. The van der Waals surface area contributed by atoms with Crippen LogP contribution >= 0.6 is 0 Å². The number of nitrogens with one attached hydrogen (secondary N) is 1. The van der Waals surface area contributed by atoms with Crippen LogP contribution in [0.3, 0.4) is 0 Å². The third-order valence-corrected chi connectivity index (χ3v) is 8.04. The molecule has 1 aromatic heterocycles. The minimum absolute atomic E-state index is 0.0775. The van der Waals surface area contributed by atoms with Crippen LogP contribution in [0.4, 0.5) is 5.69 Å². The molecule has 0 bridgehead atoms. The van der Waals surface area contributed by atoms with Gasteiger partial charge in [-0.2, -0.15) is 4.31 Å². The molecule has 5 rings (SSSR count). The van der Waals surface area contributed by atoms with E-state index >= 15 is 0 Å². The Bertz CT molecular complexity index is 1350. The molecule has 0 spiro atoms. The number of carbonyl (C=O) groups excluding carboxylic acids is 1. The fourth-order valence-corrected chi connectivity index (χ4v) is 5.71. The van der Waals surface area contributed by atoms with Gasteiger partial charge in [0.1, 0.15) is 16.4 Å². The van der Waals surface area contributed by atoms with Crippen molar-refractivity contribution in [3.8, 4) is 23.0 Å². The predicted octanol–water partition coefficient (Wildman–Crippen LogP) is 4.96. The molecule has 2 aliphatic heterocycles.